The van der Waals surface area contributed by atoms with Crippen LogP contribution in [-0.2, 0) is 15.1 Å². The highest BCUT2D eigenvalue weighted by atomic mass is 17.2. The average molecular weight is 320 g/mol. The predicted octanol–water partition coefficient (Wildman–Crippen LogP) is 5.82. The van der Waals surface area contributed by atoms with Crippen molar-refractivity contribution in [3.63, 3.8) is 0 Å². The number of carbonyl (C=O) groups excluding carboxylic acids is 1. The van der Waals surface area contributed by atoms with Crippen LogP contribution in [0, 0.1) is 5.41 Å². The van der Waals surface area contributed by atoms with E-state index in [1.807, 2.05) is 24.3 Å². The molecule has 0 spiro atoms. The normalized spacial score (nSPS) is 12.1. The molecule has 0 aliphatic heterocycles. The van der Waals surface area contributed by atoms with Gasteiger partial charge in [0.2, 0.25) is 0 Å². The summed E-state index contributed by atoms with van der Waals surface area (Å²) in [6.07, 6.45) is 4.63. The molecule has 0 saturated heterocycles. The van der Waals surface area contributed by atoms with Crippen molar-refractivity contribution in [3.05, 3.63) is 29.8 Å². The van der Waals surface area contributed by atoms with Crippen LogP contribution in [0.5, 0.6) is 5.75 Å². The van der Waals surface area contributed by atoms with Crippen LogP contribution in [-0.4, -0.2) is 5.97 Å². The Labute approximate surface area is 141 Å². The molecule has 1 rings (SSSR count). The lowest BCUT2D eigenvalue weighted by molar-refractivity contribution is -0.213. The minimum absolute atomic E-state index is 0.0995. The maximum atomic E-state index is 11.7. The van der Waals surface area contributed by atoms with E-state index in [1.165, 1.54) is 12.0 Å². The lowest BCUT2D eigenvalue weighted by Gasteiger charge is -2.18. The van der Waals surface area contributed by atoms with Gasteiger partial charge < -0.3 is 0 Å². The first kappa shape index (κ1) is 19.5. The van der Waals surface area contributed by atoms with Crippen LogP contribution in [0.3, 0.4) is 0 Å². The molecule has 1 aromatic carbocycles. The van der Waals surface area contributed by atoms with Gasteiger partial charge in [0, 0.05) is 0 Å². The maximum absolute atomic E-state index is 11.7. The van der Waals surface area contributed by atoms with E-state index in [1.54, 1.807) is 0 Å². The van der Waals surface area contributed by atoms with Gasteiger partial charge in [-0.05, 0) is 41.4 Å². The zero-order valence-electron chi connectivity index (χ0n) is 15.6. The van der Waals surface area contributed by atoms with Crippen LogP contribution in [0.15, 0.2) is 24.3 Å². The standard InChI is InChI=1S/C20H32O3/c1-19(2,3)15-9-7-8-10-18(21)23-22-17-13-11-16(12-14-17)20(4,5)6/h11-14H,7-10,15H2,1-6H3. The Morgan fingerprint density at radius 1 is 0.913 bits per heavy atom. The lowest BCUT2D eigenvalue weighted by atomic mass is 9.87. The van der Waals surface area contributed by atoms with Gasteiger partial charge in [-0.3, -0.25) is 9.78 Å². The van der Waals surface area contributed by atoms with Crippen LogP contribution in [0.1, 0.15) is 79.2 Å². The lowest BCUT2D eigenvalue weighted by Crippen LogP contribution is -2.11. The number of rotatable bonds is 7. The molecule has 3 nitrogen and oxygen atoms in total. The van der Waals surface area contributed by atoms with Crippen LogP contribution in [0.25, 0.3) is 0 Å². The van der Waals surface area contributed by atoms with Crippen LogP contribution in [0.4, 0.5) is 0 Å². The Kier molecular flexibility index (Phi) is 7.11. The van der Waals surface area contributed by atoms with E-state index in [2.05, 4.69) is 41.5 Å². The SMILES string of the molecule is CC(C)(C)CCCCCC(=O)OOc1ccc(C(C)(C)C)cc1. The van der Waals surface area contributed by atoms with Crippen LogP contribution >= 0.6 is 0 Å². The molecule has 130 valence electrons. The van der Waals surface area contributed by atoms with E-state index < -0.39 is 0 Å². The van der Waals surface area contributed by atoms with Gasteiger partial charge in [0.05, 0.1) is 6.42 Å². The van der Waals surface area contributed by atoms with Gasteiger partial charge in [-0.2, -0.15) is 0 Å². The van der Waals surface area contributed by atoms with E-state index in [0.717, 1.165) is 19.3 Å². The highest BCUT2D eigenvalue weighted by Gasteiger charge is 2.14. The molecular formula is C20H32O3. The highest BCUT2D eigenvalue weighted by molar-refractivity contribution is 5.68. The second-order valence-electron chi connectivity index (χ2n) is 8.43. The van der Waals surface area contributed by atoms with Crippen molar-refractivity contribution >= 4 is 5.97 Å². The number of unbranched alkanes of at least 4 members (excludes halogenated alkanes) is 2. The Hall–Kier alpha value is -1.51. The fourth-order valence-corrected chi connectivity index (χ4v) is 2.25. The largest absolute Gasteiger partial charge is 0.355 e. The van der Waals surface area contributed by atoms with Gasteiger partial charge in [0.25, 0.3) is 0 Å². The molecule has 0 atom stereocenters. The fraction of sp³-hybridized carbons (Fsp3) is 0.650. The third-order valence-corrected chi connectivity index (χ3v) is 3.76. The molecule has 0 N–H and O–H groups in total. The molecule has 0 bridgehead atoms. The fourth-order valence-electron chi connectivity index (χ4n) is 2.25. The van der Waals surface area contributed by atoms with Crippen molar-refractivity contribution in [2.45, 2.75) is 79.1 Å². The van der Waals surface area contributed by atoms with Gasteiger partial charge in [-0.15, -0.1) is 0 Å². The molecule has 0 aromatic heterocycles. The van der Waals surface area contributed by atoms with Gasteiger partial charge in [0.15, 0.2) is 5.75 Å². The monoisotopic (exact) mass is 320 g/mol. The second kappa shape index (κ2) is 8.37. The molecule has 3 heteroatoms. The van der Waals surface area contributed by atoms with Crippen molar-refractivity contribution in [2.75, 3.05) is 0 Å². The minimum atomic E-state index is -0.305. The smallest absolute Gasteiger partial charge is 0.287 e. The third-order valence-electron chi connectivity index (χ3n) is 3.76. The molecule has 0 heterocycles. The number of hydrogen-bond donors (Lipinski definition) is 0. The zero-order valence-corrected chi connectivity index (χ0v) is 15.6. The van der Waals surface area contributed by atoms with Crippen molar-refractivity contribution in [1.82, 2.24) is 0 Å². The van der Waals surface area contributed by atoms with Gasteiger partial charge in [0.1, 0.15) is 0 Å². The molecule has 0 unspecified atom stereocenters. The molecule has 0 saturated carbocycles. The summed E-state index contributed by atoms with van der Waals surface area (Å²) in [5, 5.41) is 0. The average Bonchev–Trinajstić information content (AvgIpc) is 2.43. The molecule has 0 amide bonds. The molecule has 0 radical (unpaired) electrons. The summed E-state index contributed by atoms with van der Waals surface area (Å²) in [5.74, 6) is 0.250. The molecular weight excluding hydrogens is 288 g/mol. The molecule has 1 aromatic rings. The van der Waals surface area contributed by atoms with E-state index in [9.17, 15) is 4.79 Å². The first-order valence-electron chi connectivity index (χ1n) is 8.56. The summed E-state index contributed by atoms with van der Waals surface area (Å²) >= 11 is 0. The van der Waals surface area contributed by atoms with Gasteiger partial charge >= 0.3 is 5.97 Å². The maximum Gasteiger partial charge on any atom is 0.355 e. The van der Waals surface area contributed by atoms with E-state index in [-0.39, 0.29) is 11.4 Å². The van der Waals surface area contributed by atoms with Gasteiger partial charge in [-0.1, -0.05) is 66.5 Å². The molecule has 0 fully saturated rings. The van der Waals surface area contributed by atoms with Crippen LogP contribution in [0.2, 0.25) is 0 Å². The summed E-state index contributed by atoms with van der Waals surface area (Å²) in [7, 11) is 0. The Morgan fingerprint density at radius 2 is 1.52 bits per heavy atom. The van der Waals surface area contributed by atoms with Crippen LogP contribution < -0.4 is 4.89 Å². The summed E-state index contributed by atoms with van der Waals surface area (Å²) in [6, 6.07) is 7.65. The third kappa shape index (κ3) is 8.63. The Morgan fingerprint density at radius 3 is 2.04 bits per heavy atom. The summed E-state index contributed by atoms with van der Waals surface area (Å²) in [6.45, 7) is 13.2. The first-order valence-corrected chi connectivity index (χ1v) is 8.56. The summed E-state index contributed by atoms with van der Waals surface area (Å²) < 4.78 is 0. The Balaban J connectivity index is 2.23. The number of carbonyl (C=O) groups is 1. The van der Waals surface area contributed by atoms with Crippen molar-refractivity contribution in [1.29, 1.82) is 0 Å². The quantitative estimate of drug-likeness (QED) is 0.361. The summed E-state index contributed by atoms with van der Waals surface area (Å²) in [5.41, 5.74) is 1.68. The zero-order chi connectivity index (χ0) is 17.5. The summed E-state index contributed by atoms with van der Waals surface area (Å²) in [4.78, 5) is 21.6. The molecule has 0 aliphatic carbocycles. The second-order valence-corrected chi connectivity index (χ2v) is 8.43. The number of benzene rings is 1. The topological polar surface area (TPSA) is 35.5 Å². The van der Waals surface area contributed by atoms with Crippen molar-refractivity contribution in [3.8, 4) is 5.75 Å². The first-order chi connectivity index (χ1) is 10.6. The highest BCUT2D eigenvalue weighted by Crippen LogP contribution is 2.24. The molecule has 0 aliphatic rings. The van der Waals surface area contributed by atoms with E-state index >= 15 is 0 Å². The molecule has 23 heavy (non-hydrogen) atoms. The van der Waals surface area contributed by atoms with Crippen molar-refractivity contribution < 1.29 is 14.6 Å². The van der Waals surface area contributed by atoms with Gasteiger partial charge in [-0.25, -0.2) is 4.79 Å². The Bertz CT molecular complexity index is 475. The van der Waals surface area contributed by atoms with E-state index in [0.29, 0.717) is 17.6 Å². The van der Waals surface area contributed by atoms with Crippen molar-refractivity contribution in [2.24, 2.45) is 5.41 Å². The number of hydrogen-bond acceptors (Lipinski definition) is 3. The predicted molar refractivity (Wildman–Crippen MR) is 94.4 cm³/mol. The minimum Gasteiger partial charge on any atom is -0.287 e. The van der Waals surface area contributed by atoms with E-state index in [4.69, 9.17) is 9.78 Å².